The van der Waals surface area contributed by atoms with E-state index in [1.165, 1.54) is 20.4 Å². The van der Waals surface area contributed by atoms with Crippen LogP contribution in [-0.2, 0) is 0 Å². The molecular formula is C21H20INO. The Morgan fingerprint density at radius 1 is 1.21 bits per heavy atom. The Labute approximate surface area is 156 Å². The van der Waals surface area contributed by atoms with Crippen LogP contribution in [0.1, 0.15) is 29.5 Å². The van der Waals surface area contributed by atoms with Gasteiger partial charge in [0.25, 0.3) is 0 Å². The average Bonchev–Trinajstić information content (AvgIpc) is 3.10. The molecule has 0 radical (unpaired) electrons. The Morgan fingerprint density at radius 2 is 2.08 bits per heavy atom. The molecule has 0 unspecified atom stereocenters. The fraction of sp³-hybridized carbons (Fsp3) is 0.238. The van der Waals surface area contributed by atoms with Crippen molar-refractivity contribution in [3.05, 3.63) is 82.0 Å². The number of rotatable bonds is 4. The van der Waals surface area contributed by atoms with Crippen molar-refractivity contribution >= 4 is 28.3 Å². The van der Waals surface area contributed by atoms with E-state index < -0.39 is 0 Å². The first-order valence-corrected chi connectivity index (χ1v) is 9.41. The number of halogens is 1. The number of para-hydroxylation sites is 1. The minimum atomic E-state index is 0.263. The number of ether oxygens (including phenoxy) is 1. The van der Waals surface area contributed by atoms with Crippen LogP contribution in [0, 0.1) is 9.49 Å². The largest absolute Gasteiger partial charge is 0.489 e. The van der Waals surface area contributed by atoms with E-state index in [-0.39, 0.29) is 6.04 Å². The second-order valence-corrected chi connectivity index (χ2v) is 7.59. The van der Waals surface area contributed by atoms with Crippen molar-refractivity contribution in [2.24, 2.45) is 5.92 Å². The molecule has 1 aliphatic heterocycles. The summed E-state index contributed by atoms with van der Waals surface area (Å²) in [5.74, 6) is 1.96. The van der Waals surface area contributed by atoms with Crippen LogP contribution in [0.2, 0.25) is 0 Å². The zero-order chi connectivity index (χ0) is 16.5. The molecule has 1 aliphatic carbocycles. The van der Waals surface area contributed by atoms with Gasteiger partial charge >= 0.3 is 0 Å². The van der Waals surface area contributed by atoms with Crippen LogP contribution < -0.4 is 10.1 Å². The van der Waals surface area contributed by atoms with Crippen molar-refractivity contribution in [1.82, 2.24) is 0 Å². The van der Waals surface area contributed by atoms with Crippen LogP contribution in [-0.4, -0.2) is 6.61 Å². The Balaban J connectivity index is 1.75. The lowest BCUT2D eigenvalue weighted by Crippen LogP contribution is -2.29. The van der Waals surface area contributed by atoms with Crippen LogP contribution in [0.4, 0.5) is 5.69 Å². The van der Waals surface area contributed by atoms with Crippen LogP contribution in [0.15, 0.2) is 67.3 Å². The summed E-state index contributed by atoms with van der Waals surface area (Å²) >= 11 is 2.40. The number of fused-ring (bicyclic) bond motifs is 3. The molecule has 3 atom stereocenters. The van der Waals surface area contributed by atoms with Gasteiger partial charge in [-0.25, -0.2) is 0 Å². The van der Waals surface area contributed by atoms with Gasteiger partial charge in [0, 0.05) is 20.7 Å². The highest BCUT2D eigenvalue weighted by Crippen LogP contribution is 2.51. The quantitative estimate of drug-likeness (QED) is 0.499. The van der Waals surface area contributed by atoms with Crippen LogP contribution in [0.3, 0.4) is 0 Å². The van der Waals surface area contributed by atoms with Crippen LogP contribution in [0.25, 0.3) is 0 Å². The monoisotopic (exact) mass is 429 g/mol. The van der Waals surface area contributed by atoms with Gasteiger partial charge in [-0.2, -0.15) is 0 Å². The minimum Gasteiger partial charge on any atom is -0.489 e. The summed E-state index contributed by atoms with van der Waals surface area (Å²) in [5.41, 5.74) is 3.90. The first-order chi connectivity index (χ1) is 11.8. The van der Waals surface area contributed by atoms with Crippen molar-refractivity contribution in [2.75, 3.05) is 11.9 Å². The molecule has 0 spiro atoms. The summed E-state index contributed by atoms with van der Waals surface area (Å²) in [6.07, 6.45) is 7.60. The molecule has 24 heavy (non-hydrogen) atoms. The number of hydrogen-bond donors (Lipinski definition) is 1. The van der Waals surface area contributed by atoms with Gasteiger partial charge in [0.1, 0.15) is 12.4 Å². The first-order valence-electron chi connectivity index (χ1n) is 8.33. The van der Waals surface area contributed by atoms with Crippen molar-refractivity contribution in [3.63, 3.8) is 0 Å². The van der Waals surface area contributed by atoms with E-state index in [9.17, 15) is 0 Å². The third-order valence-corrected chi connectivity index (χ3v) is 5.61. The highest BCUT2D eigenvalue weighted by atomic mass is 127. The molecule has 0 saturated heterocycles. The number of anilines is 1. The van der Waals surface area contributed by atoms with Gasteiger partial charge in [-0.05, 0) is 64.8 Å². The Bertz CT molecular complexity index is 798. The van der Waals surface area contributed by atoms with Gasteiger partial charge in [0.05, 0.1) is 6.04 Å². The highest BCUT2D eigenvalue weighted by molar-refractivity contribution is 14.1. The zero-order valence-electron chi connectivity index (χ0n) is 13.4. The topological polar surface area (TPSA) is 21.3 Å². The molecule has 0 amide bonds. The van der Waals surface area contributed by atoms with Crippen LogP contribution in [0.5, 0.6) is 5.75 Å². The zero-order valence-corrected chi connectivity index (χ0v) is 15.6. The normalized spacial score (nSPS) is 24.0. The second kappa shape index (κ2) is 6.63. The number of hydrogen-bond acceptors (Lipinski definition) is 2. The van der Waals surface area contributed by atoms with Gasteiger partial charge in [-0.15, -0.1) is 0 Å². The third-order valence-electron chi connectivity index (χ3n) is 4.94. The van der Waals surface area contributed by atoms with Crippen LogP contribution >= 0.6 is 22.6 Å². The summed E-state index contributed by atoms with van der Waals surface area (Å²) in [6.45, 7) is 4.29. The summed E-state index contributed by atoms with van der Waals surface area (Å²) in [6, 6.07) is 15.3. The van der Waals surface area contributed by atoms with Gasteiger partial charge < -0.3 is 10.1 Å². The Morgan fingerprint density at radius 3 is 2.96 bits per heavy atom. The SMILES string of the molecule is C=CCOc1ccccc1[C@@H]1Nc2ccc(I)cc2[C@@H]2C=CC[C@@H]21. The van der Waals surface area contributed by atoms with E-state index in [4.69, 9.17) is 4.74 Å². The van der Waals surface area contributed by atoms with Gasteiger partial charge in [0.2, 0.25) is 0 Å². The van der Waals surface area contributed by atoms with Gasteiger partial charge in [0.15, 0.2) is 0 Å². The smallest absolute Gasteiger partial charge is 0.125 e. The number of allylic oxidation sites excluding steroid dienone is 2. The maximum atomic E-state index is 5.92. The predicted molar refractivity (Wildman–Crippen MR) is 108 cm³/mol. The van der Waals surface area contributed by atoms with Crippen molar-refractivity contribution in [3.8, 4) is 5.75 Å². The van der Waals surface area contributed by atoms with E-state index in [0.29, 0.717) is 18.4 Å². The van der Waals surface area contributed by atoms with Gasteiger partial charge in [-0.3, -0.25) is 0 Å². The van der Waals surface area contributed by atoms with E-state index in [0.717, 1.165) is 12.2 Å². The molecule has 4 rings (SSSR count). The molecule has 2 aromatic rings. The number of nitrogens with one attached hydrogen (secondary N) is 1. The molecule has 2 aromatic carbocycles. The fourth-order valence-electron chi connectivity index (χ4n) is 3.89. The summed E-state index contributed by atoms with van der Waals surface area (Å²) in [5, 5.41) is 3.78. The number of benzene rings is 2. The maximum Gasteiger partial charge on any atom is 0.125 e. The van der Waals surface area contributed by atoms with E-state index in [1.54, 1.807) is 6.08 Å². The standard InChI is InChI=1S/C21H20INO/c1-2-12-24-20-9-4-3-6-17(20)21-16-8-5-7-15(16)18-13-14(22)10-11-19(18)23-21/h2-7,9-11,13,15-16,21,23H,1,8,12H2/t15-,16+,21-/m1/s1. The average molecular weight is 429 g/mol. The molecule has 3 heteroatoms. The lowest BCUT2D eigenvalue weighted by Gasteiger charge is -2.38. The molecule has 2 aliphatic rings. The molecule has 0 bridgehead atoms. The van der Waals surface area contributed by atoms with Crippen molar-refractivity contribution in [2.45, 2.75) is 18.4 Å². The Kier molecular flexibility index (Phi) is 4.35. The second-order valence-electron chi connectivity index (χ2n) is 6.34. The lowest BCUT2D eigenvalue weighted by atomic mass is 9.77. The maximum absolute atomic E-state index is 5.92. The highest BCUT2D eigenvalue weighted by Gasteiger charge is 2.38. The molecule has 2 nitrogen and oxygen atoms in total. The third kappa shape index (κ3) is 2.75. The predicted octanol–water partition coefficient (Wildman–Crippen LogP) is 5.68. The molecule has 0 saturated carbocycles. The molecular weight excluding hydrogens is 409 g/mol. The summed E-state index contributed by atoms with van der Waals surface area (Å²) < 4.78 is 7.21. The molecule has 1 heterocycles. The van der Waals surface area contributed by atoms with Crippen molar-refractivity contribution in [1.29, 1.82) is 0 Å². The van der Waals surface area contributed by atoms with E-state index in [2.05, 4.69) is 83.0 Å². The summed E-state index contributed by atoms with van der Waals surface area (Å²) in [7, 11) is 0. The fourth-order valence-corrected chi connectivity index (χ4v) is 4.41. The minimum absolute atomic E-state index is 0.263. The van der Waals surface area contributed by atoms with E-state index >= 15 is 0 Å². The first kappa shape index (κ1) is 15.8. The molecule has 0 aromatic heterocycles. The molecule has 1 N–H and O–H groups in total. The summed E-state index contributed by atoms with van der Waals surface area (Å²) in [4.78, 5) is 0. The molecule has 122 valence electrons. The Hall–Kier alpha value is -1.75. The van der Waals surface area contributed by atoms with Gasteiger partial charge in [-0.1, -0.05) is 43.0 Å². The van der Waals surface area contributed by atoms with Crippen molar-refractivity contribution < 1.29 is 4.74 Å². The van der Waals surface area contributed by atoms with E-state index in [1.807, 2.05) is 6.07 Å². The lowest BCUT2D eigenvalue weighted by molar-refractivity contribution is 0.345. The molecule has 0 fully saturated rings.